The van der Waals surface area contributed by atoms with Gasteiger partial charge in [0.25, 0.3) is 0 Å². The summed E-state index contributed by atoms with van der Waals surface area (Å²) in [6.45, 7) is 6.16. The molecule has 2 aromatic heterocycles. The van der Waals surface area contributed by atoms with Crippen LogP contribution in [0.15, 0.2) is 78.2 Å². The molecule has 6 heteroatoms. The number of aryl methyl sites for hydroxylation is 2. The fourth-order valence-corrected chi connectivity index (χ4v) is 4.28. The third kappa shape index (κ3) is 5.08. The molecule has 0 radical (unpaired) electrons. The molecule has 1 unspecified atom stereocenters. The van der Waals surface area contributed by atoms with Crippen LogP contribution in [0.3, 0.4) is 0 Å². The van der Waals surface area contributed by atoms with Crippen LogP contribution in [0.5, 0.6) is 0 Å². The summed E-state index contributed by atoms with van der Waals surface area (Å²) in [6.07, 6.45) is 4.01. The molecule has 1 atom stereocenters. The SMILES string of the molecule is CCC(Sc1nc(-c2ccc(C)cc2)c(-c2ccc(C)cc2)[nH]1)C(=O)Nc1ccncc1. The first-order valence-electron chi connectivity index (χ1n) is 10.6. The molecular weight excluding hydrogens is 416 g/mol. The lowest BCUT2D eigenvalue weighted by molar-refractivity contribution is -0.115. The van der Waals surface area contributed by atoms with Gasteiger partial charge in [0.2, 0.25) is 5.91 Å². The van der Waals surface area contributed by atoms with E-state index in [4.69, 9.17) is 4.98 Å². The van der Waals surface area contributed by atoms with Gasteiger partial charge in [0.1, 0.15) is 0 Å². The van der Waals surface area contributed by atoms with Gasteiger partial charge in [0.05, 0.1) is 16.6 Å². The van der Waals surface area contributed by atoms with Crippen molar-refractivity contribution < 1.29 is 4.79 Å². The number of hydrogen-bond acceptors (Lipinski definition) is 4. The topological polar surface area (TPSA) is 70.7 Å². The minimum Gasteiger partial charge on any atom is -0.332 e. The Kier molecular flexibility index (Phi) is 6.71. The molecule has 0 aliphatic carbocycles. The molecule has 0 aliphatic rings. The van der Waals surface area contributed by atoms with E-state index in [0.717, 1.165) is 33.4 Å². The number of hydrogen-bond donors (Lipinski definition) is 2. The molecule has 1 amide bonds. The highest BCUT2D eigenvalue weighted by molar-refractivity contribution is 8.00. The van der Waals surface area contributed by atoms with Crippen molar-refractivity contribution in [1.29, 1.82) is 0 Å². The Labute approximate surface area is 192 Å². The Hall–Kier alpha value is -3.38. The minimum atomic E-state index is -0.272. The summed E-state index contributed by atoms with van der Waals surface area (Å²) < 4.78 is 0. The summed E-state index contributed by atoms with van der Waals surface area (Å²) in [5.74, 6) is -0.0473. The van der Waals surface area contributed by atoms with Crippen molar-refractivity contribution in [3.8, 4) is 22.5 Å². The molecule has 0 fully saturated rings. The van der Waals surface area contributed by atoms with Crippen LogP contribution in [-0.2, 0) is 4.79 Å². The highest BCUT2D eigenvalue weighted by atomic mass is 32.2. The maximum absolute atomic E-state index is 12.9. The van der Waals surface area contributed by atoms with Crippen LogP contribution in [0.1, 0.15) is 24.5 Å². The molecule has 162 valence electrons. The van der Waals surface area contributed by atoms with Crippen molar-refractivity contribution in [2.45, 2.75) is 37.6 Å². The number of rotatable bonds is 7. The van der Waals surface area contributed by atoms with E-state index in [-0.39, 0.29) is 11.2 Å². The van der Waals surface area contributed by atoms with Crippen LogP contribution >= 0.6 is 11.8 Å². The second-order valence-corrected chi connectivity index (χ2v) is 8.93. The summed E-state index contributed by atoms with van der Waals surface area (Å²) in [7, 11) is 0. The van der Waals surface area contributed by atoms with Crippen LogP contribution < -0.4 is 5.32 Å². The summed E-state index contributed by atoms with van der Waals surface area (Å²) in [6, 6.07) is 20.3. The van der Waals surface area contributed by atoms with Gasteiger partial charge in [-0.2, -0.15) is 0 Å². The Morgan fingerprint density at radius 1 is 0.938 bits per heavy atom. The van der Waals surface area contributed by atoms with Gasteiger partial charge in [-0.25, -0.2) is 4.98 Å². The summed E-state index contributed by atoms with van der Waals surface area (Å²) in [5, 5.41) is 3.43. The van der Waals surface area contributed by atoms with E-state index in [2.05, 4.69) is 77.7 Å². The smallest absolute Gasteiger partial charge is 0.237 e. The molecule has 2 N–H and O–H groups in total. The number of pyridine rings is 1. The zero-order valence-electron chi connectivity index (χ0n) is 18.4. The van der Waals surface area contributed by atoms with Crippen LogP contribution in [0, 0.1) is 13.8 Å². The molecular formula is C26H26N4OS. The number of carbonyl (C=O) groups is 1. The number of nitrogens with one attached hydrogen (secondary N) is 2. The Balaban J connectivity index is 1.64. The van der Waals surface area contributed by atoms with Gasteiger partial charge in [-0.15, -0.1) is 0 Å². The zero-order valence-corrected chi connectivity index (χ0v) is 19.2. The molecule has 5 nitrogen and oxygen atoms in total. The number of imidazole rings is 1. The quantitative estimate of drug-likeness (QED) is 0.331. The first-order valence-corrected chi connectivity index (χ1v) is 11.5. The third-order valence-corrected chi connectivity index (χ3v) is 6.46. The molecule has 2 aromatic carbocycles. The van der Waals surface area contributed by atoms with Gasteiger partial charge < -0.3 is 10.3 Å². The average Bonchev–Trinajstić information content (AvgIpc) is 3.23. The average molecular weight is 443 g/mol. The van der Waals surface area contributed by atoms with Crippen LogP contribution in [0.25, 0.3) is 22.5 Å². The van der Waals surface area contributed by atoms with E-state index in [9.17, 15) is 4.79 Å². The van der Waals surface area contributed by atoms with Crippen molar-refractivity contribution >= 4 is 23.4 Å². The van der Waals surface area contributed by atoms with Gasteiger partial charge >= 0.3 is 0 Å². The lowest BCUT2D eigenvalue weighted by Crippen LogP contribution is -2.24. The lowest BCUT2D eigenvalue weighted by atomic mass is 10.0. The zero-order chi connectivity index (χ0) is 22.5. The van der Waals surface area contributed by atoms with E-state index in [0.29, 0.717) is 6.42 Å². The lowest BCUT2D eigenvalue weighted by Gasteiger charge is -2.13. The van der Waals surface area contributed by atoms with Gasteiger partial charge in [-0.05, 0) is 32.4 Å². The molecule has 4 rings (SSSR count). The molecule has 0 bridgehead atoms. The minimum absolute atomic E-state index is 0.0473. The summed E-state index contributed by atoms with van der Waals surface area (Å²) in [5.41, 5.74) is 7.11. The first-order chi connectivity index (χ1) is 15.5. The third-order valence-electron chi connectivity index (χ3n) is 5.21. The predicted octanol–water partition coefficient (Wildman–Crippen LogP) is 6.26. The molecule has 0 saturated carbocycles. The van der Waals surface area contributed by atoms with Crippen LogP contribution in [0.4, 0.5) is 5.69 Å². The Bertz CT molecular complexity index is 1120. The Morgan fingerprint density at radius 2 is 1.53 bits per heavy atom. The van der Waals surface area contributed by atoms with E-state index >= 15 is 0 Å². The van der Waals surface area contributed by atoms with Crippen LogP contribution in [-0.4, -0.2) is 26.1 Å². The number of benzene rings is 2. The Morgan fingerprint density at radius 3 is 2.12 bits per heavy atom. The molecule has 2 heterocycles. The van der Waals surface area contributed by atoms with Crippen molar-refractivity contribution in [3.63, 3.8) is 0 Å². The van der Waals surface area contributed by atoms with Crippen molar-refractivity contribution in [2.24, 2.45) is 0 Å². The predicted molar refractivity (Wildman–Crippen MR) is 132 cm³/mol. The molecule has 4 aromatic rings. The van der Waals surface area contributed by atoms with E-state index in [1.165, 1.54) is 22.9 Å². The molecule has 0 spiro atoms. The van der Waals surface area contributed by atoms with Gasteiger partial charge in [-0.1, -0.05) is 78.3 Å². The maximum atomic E-state index is 12.9. The van der Waals surface area contributed by atoms with Gasteiger partial charge in [-0.3, -0.25) is 9.78 Å². The number of H-pyrrole nitrogens is 1. The number of amides is 1. The number of carbonyl (C=O) groups excluding carboxylic acids is 1. The number of aromatic amines is 1. The fraction of sp³-hybridized carbons (Fsp3) is 0.192. The number of thioether (sulfide) groups is 1. The van der Waals surface area contributed by atoms with Crippen molar-refractivity contribution in [2.75, 3.05) is 5.32 Å². The monoisotopic (exact) mass is 442 g/mol. The van der Waals surface area contributed by atoms with Crippen LogP contribution in [0.2, 0.25) is 0 Å². The molecule has 32 heavy (non-hydrogen) atoms. The summed E-state index contributed by atoms with van der Waals surface area (Å²) in [4.78, 5) is 25.2. The summed E-state index contributed by atoms with van der Waals surface area (Å²) >= 11 is 1.45. The van der Waals surface area contributed by atoms with E-state index < -0.39 is 0 Å². The van der Waals surface area contributed by atoms with Gasteiger partial charge in [0, 0.05) is 29.2 Å². The standard InChI is InChI=1S/C26H26N4OS/c1-4-22(25(31)28-21-13-15-27-16-14-21)32-26-29-23(19-9-5-17(2)6-10-19)24(30-26)20-11-7-18(3)8-12-20/h5-16,22H,4H2,1-3H3,(H,29,30)(H,27,28,31). The number of nitrogens with zero attached hydrogens (tertiary/aromatic N) is 2. The van der Waals surface area contributed by atoms with E-state index in [1.54, 1.807) is 24.5 Å². The number of anilines is 1. The number of aromatic nitrogens is 3. The van der Waals surface area contributed by atoms with Gasteiger partial charge in [0.15, 0.2) is 5.16 Å². The second-order valence-electron chi connectivity index (χ2n) is 7.74. The normalized spacial score (nSPS) is 11.8. The van der Waals surface area contributed by atoms with Crippen molar-refractivity contribution in [3.05, 3.63) is 84.2 Å². The van der Waals surface area contributed by atoms with E-state index in [1.807, 2.05) is 6.92 Å². The molecule has 0 saturated heterocycles. The fourth-order valence-electron chi connectivity index (χ4n) is 3.37. The van der Waals surface area contributed by atoms with Crippen molar-refractivity contribution in [1.82, 2.24) is 15.0 Å². The highest BCUT2D eigenvalue weighted by Gasteiger charge is 2.22. The highest BCUT2D eigenvalue weighted by Crippen LogP contribution is 2.35. The first kappa shape index (κ1) is 21.8. The largest absolute Gasteiger partial charge is 0.332 e. The maximum Gasteiger partial charge on any atom is 0.237 e. The molecule has 0 aliphatic heterocycles. The second kappa shape index (κ2) is 9.83.